The van der Waals surface area contributed by atoms with Crippen molar-refractivity contribution in [2.75, 3.05) is 0 Å². The molecule has 0 saturated carbocycles. The molecule has 9 heteroatoms. The van der Waals surface area contributed by atoms with Gasteiger partial charge in [-0.3, -0.25) is 14.9 Å². The minimum absolute atomic E-state index is 0.0387. The number of nitro benzene ring substituents is 1. The summed E-state index contributed by atoms with van der Waals surface area (Å²) in [5, 5.41) is 20.1. The number of nitrogens with zero attached hydrogens (tertiary/aromatic N) is 1. The first-order valence-corrected chi connectivity index (χ1v) is 10.3. The topological polar surface area (TPSA) is 97.5 Å². The van der Waals surface area contributed by atoms with Crippen molar-refractivity contribution in [3.8, 4) is 0 Å². The lowest BCUT2D eigenvalue weighted by atomic mass is 10.1. The number of carboxylic acids is 1. The van der Waals surface area contributed by atoms with Crippen molar-refractivity contribution in [3.63, 3.8) is 0 Å². The molecule has 1 N–H and O–H groups in total. The monoisotopic (exact) mass is 501 g/mol. The number of halogens is 2. The Kier molecular flexibility index (Phi) is 6.98. The Balaban J connectivity index is 2.03. The zero-order valence-corrected chi connectivity index (χ0v) is 18.0. The van der Waals surface area contributed by atoms with Gasteiger partial charge in [0.15, 0.2) is 5.78 Å². The van der Waals surface area contributed by atoms with Gasteiger partial charge >= 0.3 is 11.7 Å². The molecule has 0 unspecified atom stereocenters. The van der Waals surface area contributed by atoms with Crippen LogP contribution in [0.15, 0.2) is 81.0 Å². The highest BCUT2D eigenvalue weighted by Crippen LogP contribution is 2.32. The fourth-order valence-corrected chi connectivity index (χ4v) is 3.78. The highest BCUT2D eigenvalue weighted by atomic mass is 79.9. The lowest BCUT2D eigenvalue weighted by molar-refractivity contribution is -0.387. The number of carbonyl (C=O) groups excluding carboxylic acids is 1. The minimum atomic E-state index is -1.11. The van der Waals surface area contributed by atoms with E-state index in [0.717, 1.165) is 33.3 Å². The van der Waals surface area contributed by atoms with Gasteiger partial charge < -0.3 is 5.11 Å². The van der Waals surface area contributed by atoms with Crippen molar-refractivity contribution in [2.24, 2.45) is 0 Å². The number of aromatic carboxylic acids is 1. The van der Waals surface area contributed by atoms with Crippen LogP contribution in [-0.2, 0) is 0 Å². The van der Waals surface area contributed by atoms with E-state index in [0.29, 0.717) is 0 Å². The van der Waals surface area contributed by atoms with Crippen molar-refractivity contribution in [1.82, 2.24) is 0 Å². The Labute approximate surface area is 188 Å². The SMILES string of the molecule is O=C(O)c1ccc(C(=O)/C(=C\c2ccc(F)c([N+](=O)[O-])c2)Sc2ccc(Br)cc2)cc1. The number of allylic oxidation sites excluding steroid dienone is 1. The van der Waals surface area contributed by atoms with E-state index in [1.807, 2.05) is 0 Å². The molecule has 0 spiro atoms. The van der Waals surface area contributed by atoms with Crippen LogP contribution in [0.25, 0.3) is 6.08 Å². The molecule has 0 fully saturated rings. The Morgan fingerprint density at radius 2 is 1.61 bits per heavy atom. The van der Waals surface area contributed by atoms with E-state index in [1.54, 1.807) is 24.3 Å². The van der Waals surface area contributed by atoms with E-state index in [4.69, 9.17) is 5.11 Å². The van der Waals surface area contributed by atoms with Crippen molar-refractivity contribution >= 4 is 51.2 Å². The van der Waals surface area contributed by atoms with Gasteiger partial charge in [0.2, 0.25) is 5.82 Å². The Morgan fingerprint density at radius 1 is 1.00 bits per heavy atom. The van der Waals surface area contributed by atoms with Crippen molar-refractivity contribution in [1.29, 1.82) is 0 Å². The Morgan fingerprint density at radius 3 is 2.19 bits per heavy atom. The Hall–Kier alpha value is -3.30. The molecule has 31 heavy (non-hydrogen) atoms. The Bertz CT molecular complexity index is 1190. The highest BCUT2D eigenvalue weighted by molar-refractivity contribution is 9.10. The van der Waals surface area contributed by atoms with Crippen LogP contribution in [0.2, 0.25) is 0 Å². The zero-order valence-electron chi connectivity index (χ0n) is 15.6. The van der Waals surface area contributed by atoms with E-state index < -0.39 is 28.2 Å². The van der Waals surface area contributed by atoms with Gasteiger partial charge in [0.1, 0.15) is 0 Å². The van der Waals surface area contributed by atoms with E-state index in [-0.39, 0.29) is 21.6 Å². The maximum absolute atomic E-state index is 13.7. The molecule has 0 aliphatic carbocycles. The van der Waals surface area contributed by atoms with Crippen LogP contribution in [0, 0.1) is 15.9 Å². The molecule has 3 aromatic rings. The number of hydrogen-bond donors (Lipinski definition) is 1. The van der Waals surface area contributed by atoms with E-state index in [9.17, 15) is 24.1 Å². The van der Waals surface area contributed by atoms with Crippen LogP contribution < -0.4 is 0 Å². The third-order valence-corrected chi connectivity index (χ3v) is 5.68. The summed E-state index contributed by atoms with van der Waals surface area (Å²) in [7, 11) is 0. The second-order valence-electron chi connectivity index (χ2n) is 6.24. The molecule has 0 radical (unpaired) electrons. The molecule has 3 rings (SSSR count). The summed E-state index contributed by atoms with van der Waals surface area (Å²) in [4.78, 5) is 35.4. The largest absolute Gasteiger partial charge is 0.478 e. The number of carboxylic acid groups (broad SMARTS) is 1. The summed E-state index contributed by atoms with van der Waals surface area (Å²) in [5.74, 6) is -2.49. The predicted molar refractivity (Wildman–Crippen MR) is 119 cm³/mol. The van der Waals surface area contributed by atoms with Gasteiger partial charge in [0, 0.05) is 21.0 Å². The van der Waals surface area contributed by atoms with E-state index in [2.05, 4.69) is 15.9 Å². The fraction of sp³-hybridized carbons (Fsp3) is 0. The predicted octanol–water partition coefficient (Wildman–Crippen LogP) is 6.21. The molecule has 3 aromatic carbocycles. The number of hydrogen-bond acceptors (Lipinski definition) is 5. The van der Waals surface area contributed by atoms with E-state index >= 15 is 0 Å². The number of nitro groups is 1. The summed E-state index contributed by atoms with van der Waals surface area (Å²) < 4.78 is 14.5. The molecule has 0 saturated heterocycles. The molecule has 0 aliphatic rings. The lowest BCUT2D eigenvalue weighted by Gasteiger charge is -2.08. The third kappa shape index (κ3) is 5.65. The second-order valence-corrected chi connectivity index (χ2v) is 8.28. The van der Waals surface area contributed by atoms with Gasteiger partial charge in [-0.05, 0) is 54.1 Å². The highest BCUT2D eigenvalue weighted by Gasteiger charge is 2.18. The first kappa shape index (κ1) is 22.4. The summed E-state index contributed by atoms with van der Waals surface area (Å²) in [6, 6.07) is 16.0. The molecule has 0 aliphatic heterocycles. The summed E-state index contributed by atoms with van der Waals surface area (Å²) in [6.45, 7) is 0. The van der Waals surface area contributed by atoms with Crippen LogP contribution >= 0.6 is 27.7 Å². The number of ketones is 1. The van der Waals surface area contributed by atoms with Gasteiger partial charge in [-0.15, -0.1) is 0 Å². The molecular weight excluding hydrogens is 489 g/mol. The second kappa shape index (κ2) is 9.67. The standard InChI is InChI=1S/C22H13BrFNO5S/c23-16-6-8-17(9-7-16)31-20(12-13-1-10-18(24)19(11-13)25(29)30)21(26)14-2-4-15(5-3-14)22(27)28/h1-12H,(H,27,28)/b20-12+. The van der Waals surface area contributed by atoms with Gasteiger partial charge in [0.05, 0.1) is 15.4 Å². The molecule has 0 atom stereocenters. The molecule has 156 valence electrons. The molecule has 0 bridgehead atoms. The van der Waals surface area contributed by atoms with Crippen molar-refractivity contribution in [2.45, 2.75) is 4.90 Å². The van der Waals surface area contributed by atoms with E-state index in [1.165, 1.54) is 36.4 Å². The third-order valence-electron chi connectivity index (χ3n) is 4.12. The maximum atomic E-state index is 13.7. The number of thioether (sulfide) groups is 1. The average molecular weight is 502 g/mol. The lowest BCUT2D eigenvalue weighted by Crippen LogP contribution is -2.03. The molecule has 0 amide bonds. The number of benzene rings is 3. The average Bonchev–Trinajstić information content (AvgIpc) is 2.75. The first-order valence-electron chi connectivity index (χ1n) is 8.71. The summed E-state index contributed by atoms with van der Waals surface area (Å²) >= 11 is 4.47. The van der Waals surface area contributed by atoms with Gasteiger partial charge in [0.25, 0.3) is 0 Å². The van der Waals surface area contributed by atoms with Crippen LogP contribution in [0.1, 0.15) is 26.3 Å². The van der Waals surface area contributed by atoms with Crippen molar-refractivity contribution < 1.29 is 24.0 Å². The van der Waals surface area contributed by atoms with Crippen LogP contribution in [0.5, 0.6) is 0 Å². The summed E-state index contributed by atoms with van der Waals surface area (Å²) in [6.07, 6.45) is 1.44. The molecule has 0 heterocycles. The first-order chi connectivity index (χ1) is 14.7. The van der Waals surface area contributed by atoms with Crippen LogP contribution in [0.4, 0.5) is 10.1 Å². The molecular formula is C22H13BrFNO5S. The van der Waals surface area contributed by atoms with Gasteiger partial charge in [-0.25, -0.2) is 4.79 Å². The van der Waals surface area contributed by atoms with Crippen molar-refractivity contribution in [3.05, 3.63) is 109 Å². The summed E-state index contributed by atoms with van der Waals surface area (Å²) in [5.41, 5.74) is -0.127. The smallest absolute Gasteiger partial charge is 0.335 e. The zero-order chi connectivity index (χ0) is 22.5. The quantitative estimate of drug-likeness (QED) is 0.136. The molecule has 0 aromatic heterocycles. The number of rotatable bonds is 7. The van der Waals surface area contributed by atoms with Gasteiger partial charge in [-0.1, -0.05) is 45.9 Å². The maximum Gasteiger partial charge on any atom is 0.335 e. The minimum Gasteiger partial charge on any atom is -0.478 e. The van der Waals surface area contributed by atoms with Gasteiger partial charge in [-0.2, -0.15) is 4.39 Å². The fourth-order valence-electron chi connectivity index (χ4n) is 2.59. The van der Waals surface area contributed by atoms with Crippen LogP contribution in [0.3, 0.4) is 0 Å². The number of carbonyl (C=O) groups is 2. The number of Topliss-reactive ketones (excluding diaryl/α,β-unsaturated/α-hetero) is 1. The normalized spacial score (nSPS) is 11.2. The van der Waals surface area contributed by atoms with Crippen LogP contribution in [-0.4, -0.2) is 21.8 Å². The molecule has 6 nitrogen and oxygen atoms in total.